The fourth-order valence-corrected chi connectivity index (χ4v) is 5.88. The largest absolute Gasteiger partial charge is 0.339 e. The summed E-state index contributed by atoms with van der Waals surface area (Å²) >= 11 is 0. The van der Waals surface area contributed by atoms with Gasteiger partial charge in [-0.1, -0.05) is 12.2 Å². The maximum atomic E-state index is 11.4. The van der Waals surface area contributed by atoms with E-state index in [1.807, 2.05) is 0 Å². The molecule has 0 fully saturated rings. The van der Waals surface area contributed by atoms with Gasteiger partial charge in [0.2, 0.25) is 0 Å². The van der Waals surface area contributed by atoms with Crippen molar-refractivity contribution in [2.45, 2.75) is 6.92 Å². The van der Waals surface area contributed by atoms with Crippen molar-refractivity contribution in [2.75, 3.05) is 57.9 Å². The van der Waals surface area contributed by atoms with Crippen molar-refractivity contribution in [1.82, 2.24) is 14.7 Å². The molecular weight excluding hydrogens is 502 g/mol. The highest BCUT2D eigenvalue weighted by Crippen LogP contribution is 2.41. The SMILES string of the molecule is C=C(C)CN(CCN(CCN(CP(=O)(O)O)CP(=O)(O)O)CP(=O)(O)O)CP(=O)(O)O. The molecule has 0 aliphatic heterocycles. The fraction of sp³-hybridized carbons (Fsp3) is 0.833. The standard InChI is InChI=1S/C12H31N3O12P4/c1-12(2)7-14(9-29(19,20)21)5-3-13(8-28(16,17)18)4-6-15(10-30(22,23)24)11-31(25,26)27/h1,3-11H2,2H3,(H2,16,17,18)(H2,19,20,21)(H2,22,23,24)(H2,25,26,27). The quantitative estimate of drug-likeness (QED) is 0.0877. The third kappa shape index (κ3) is 20.6. The van der Waals surface area contributed by atoms with Gasteiger partial charge in [-0.3, -0.25) is 33.0 Å². The molecular formula is C12H31N3O12P4. The molecule has 0 heterocycles. The van der Waals surface area contributed by atoms with Gasteiger partial charge in [-0.05, 0) is 6.92 Å². The molecule has 0 bridgehead atoms. The number of hydrogen-bond acceptors (Lipinski definition) is 7. The van der Waals surface area contributed by atoms with Crippen molar-refractivity contribution < 1.29 is 57.4 Å². The molecule has 0 aliphatic carbocycles. The molecule has 0 aliphatic rings. The van der Waals surface area contributed by atoms with Crippen molar-refractivity contribution >= 4 is 30.4 Å². The minimum Gasteiger partial charge on any atom is -0.324 e. The second-order valence-corrected chi connectivity index (χ2v) is 13.7. The van der Waals surface area contributed by atoms with Gasteiger partial charge in [-0.15, -0.1) is 0 Å². The Morgan fingerprint density at radius 2 is 0.839 bits per heavy atom. The zero-order chi connectivity index (χ0) is 24.7. The Bertz CT molecular complexity index is 747. The van der Waals surface area contributed by atoms with E-state index in [1.165, 1.54) is 9.80 Å². The van der Waals surface area contributed by atoms with Gasteiger partial charge in [0.25, 0.3) is 0 Å². The van der Waals surface area contributed by atoms with Crippen LogP contribution in [0.2, 0.25) is 0 Å². The second kappa shape index (κ2) is 12.6. The number of nitrogens with zero attached hydrogens (tertiary/aromatic N) is 3. The minimum atomic E-state index is -4.67. The van der Waals surface area contributed by atoms with Crippen molar-refractivity contribution in [3.63, 3.8) is 0 Å². The van der Waals surface area contributed by atoms with E-state index in [1.54, 1.807) is 6.92 Å². The predicted molar refractivity (Wildman–Crippen MR) is 112 cm³/mol. The molecule has 0 rings (SSSR count). The molecule has 19 heteroatoms. The molecule has 186 valence electrons. The Labute approximate surface area is 180 Å². The molecule has 31 heavy (non-hydrogen) atoms. The third-order valence-electron chi connectivity index (χ3n) is 3.50. The van der Waals surface area contributed by atoms with E-state index < -0.39 is 55.5 Å². The Morgan fingerprint density at radius 1 is 0.581 bits per heavy atom. The Kier molecular flexibility index (Phi) is 12.7. The van der Waals surface area contributed by atoms with Crippen LogP contribution in [0.15, 0.2) is 12.2 Å². The van der Waals surface area contributed by atoms with Crippen LogP contribution in [0.25, 0.3) is 0 Å². The maximum Gasteiger partial charge on any atom is 0.339 e. The van der Waals surface area contributed by atoms with Crippen LogP contribution in [0, 0.1) is 0 Å². The van der Waals surface area contributed by atoms with Crippen LogP contribution in [-0.4, -0.2) is 112 Å². The molecule has 0 amide bonds. The molecule has 0 atom stereocenters. The smallest absolute Gasteiger partial charge is 0.324 e. The highest BCUT2D eigenvalue weighted by atomic mass is 31.2. The first-order valence-corrected chi connectivity index (χ1v) is 15.8. The van der Waals surface area contributed by atoms with Gasteiger partial charge in [-0.25, -0.2) is 0 Å². The van der Waals surface area contributed by atoms with Crippen molar-refractivity contribution in [3.8, 4) is 0 Å². The first kappa shape index (κ1) is 31.2. The third-order valence-corrected chi connectivity index (χ3v) is 6.57. The average molecular weight is 533 g/mol. The first-order valence-electron chi connectivity index (χ1n) is 8.65. The first-order chi connectivity index (χ1) is 13.7. The zero-order valence-corrected chi connectivity index (χ0v) is 20.5. The van der Waals surface area contributed by atoms with Gasteiger partial charge in [0.05, 0.1) is 0 Å². The summed E-state index contributed by atoms with van der Waals surface area (Å²) < 4.78 is 45.2. The lowest BCUT2D eigenvalue weighted by atomic mass is 10.3. The molecule has 15 nitrogen and oxygen atoms in total. The van der Waals surface area contributed by atoms with Crippen molar-refractivity contribution in [1.29, 1.82) is 0 Å². The van der Waals surface area contributed by atoms with Crippen LogP contribution < -0.4 is 0 Å². The lowest BCUT2D eigenvalue weighted by molar-refractivity contribution is 0.198. The Hall–Kier alpha value is 0.220. The van der Waals surface area contributed by atoms with Gasteiger partial charge in [0.15, 0.2) is 0 Å². The van der Waals surface area contributed by atoms with Crippen LogP contribution in [0.1, 0.15) is 6.92 Å². The fourth-order valence-electron chi connectivity index (χ4n) is 2.63. The molecule has 8 N–H and O–H groups in total. The number of hydrogen-bond donors (Lipinski definition) is 8. The van der Waals surface area contributed by atoms with Crippen LogP contribution in [0.4, 0.5) is 0 Å². The molecule has 0 saturated heterocycles. The van der Waals surface area contributed by atoms with Crippen LogP contribution >= 0.6 is 30.4 Å². The molecule has 0 saturated carbocycles. The summed E-state index contributed by atoms with van der Waals surface area (Å²) in [7, 11) is -18.4. The molecule has 0 aromatic heterocycles. The van der Waals surface area contributed by atoms with Gasteiger partial charge >= 0.3 is 30.4 Å². The maximum absolute atomic E-state index is 11.4. The molecule has 0 aromatic carbocycles. The summed E-state index contributed by atoms with van der Waals surface area (Å²) in [5.74, 6) is 0. The van der Waals surface area contributed by atoms with Gasteiger partial charge < -0.3 is 39.1 Å². The van der Waals surface area contributed by atoms with Crippen LogP contribution in [-0.2, 0) is 18.3 Å². The lowest BCUT2D eigenvalue weighted by Crippen LogP contribution is -2.41. The van der Waals surface area contributed by atoms with E-state index in [0.29, 0.717) is 5.57 Å². The summed E-state index contributed by atoms with van der Waals surface area (Å²) in [6.07, 6.45) is -3.33. The summed E-state index contributed by atoms with van der Waals surface area (Å²) in [5, 5.41) is 0. The normalized spacial score (nSPS) is 14.1. The minimum absolute atomic E-state index is 0.0328. The van der Waals surface area contributed by atoms with Gasteiger partial charge in [0.1, 0.15) is 25.1 Å². The van der Waals surface area contributed by atoms with Gasteiger partial charge in [-0.2, -0.15) is 0 Å². The van der Waals surface area contributed by atoms with E-state index in [9.17, 15) is 37.8 Å². The average Bonchev–Trinajstić information content (AvgIpc) is 2.42. The van der Waals surface area contributed by atoms with E-state index in [0.717, 1.165) is 4.90 Å². The summed E-state index contributed by atoms with van der Waals surface area (Å²) in [6.45, 7) is 4.68. The van der Waals surface area contributed by atoms with Crippen molar-refractivity contribution in [2.24, 2.45) is 0 Å². The van der Waals surface area contributed by atoms with E-state index >= 15 is 0 Å². The molecule has 0 aromatic rings. The summed E-state index contributed by atoms with van der Waals surface area (Å²) in [6, 6.07) is 0. The monoisotopic (exact) mass is 533 g/mol. The summed E-state index contributed by atoms with van der Waals surface area (Å²) in [4.78, 5) is 76.6. The Balaban J connectivity index is 5.31. The number of rotatable bonds is 16. The predicted octanol–water partition coefficient (Wildman–Crippen LogP) is -0.991. The Morgan fingerprint density at radius 3 is 1.16 bits per heavy atom. The van der Waals surface area contributed by atoms with E-state index in [4.69, 9.17) is 19.6 Å². The van der Waals surface area contributed by atoms with Gasteiger partial charge in [0, 0.05) is 32.7 Å². The topological polar surface area (TPSA) is 240 Å². The van der Waals surface area contributed by atoms with E-state index in [-0.39, 0.29) is 32.7 Å². The zero-order valence-electron chi connectivity index (χ0n) is 16.9. The molecule has 0 radical (unpaired) electrons. The van der Waals surface area contributed by atoms with Crippen LogP contribution in [0.5, 0.6) is 0 Å². The molecule has 0 unspecified atom stereocenters. The highest BCUT2D eigenvalue weighted by molar-refractivity contribution is 7.52. The lowest BCUT2D eigenvalue weighted by Gasteiger charge is -2.30. The summed E-state index contributed by atoms with van der Waals surface area (Å²) in [5.41, 5.74) is 0.587. The second-order valence-electron chi connectivity index (χ2n) is 7.25. The van der Waals surface area contributed by atoms with E-state index in [2.05, 4.69) is 6.58 Å². The highest BCUT2D eigenvalue weighted by Gasteiger charge is 2.28. The molecule has 0 spiro atoms. The van der Waals surface area contributed by atoms with Crippen LogP contribution in [0.3, 0.4) is 0 Å². The van der Waals surface area contributed by atoms with Crippen molar-refractivity contribution in [3.05, 3.63) is 12.2 Å².